The van der Waals surface area contributed by atoms with Crippen molar-refractivity contribution in [3.63, 3.8) is 0 Å². The van der Waals surface area contributed by atoms with Crippen LogP contribution < -0.4 is 4.90 Å². The van der Waals surface area contributed by atoms with Gasteiger partial charge in [-0.1, -0.05) is 57.6 Å². The number of benzene rings is 1. The first-order valence-electron chi connectivity index (χ1n) is 10.2. The Bertz CT molecular complexity index is 832. The largest absolute Gasteiger partial charge is 0.359 e. The van der Waals surface area contributed by atoms with Crippen LogP contribution in [0, 0.1) is 0 Å². The fraction of sp³-hybridized carbons (Fsp3) is 0.435. The maximum absolute atomic E-state index is 4.89. The molecule has 0 saturated heterocycles. The monoisotopic (exact) mass is 362 g/mol. The van der Waals surface area contributed by atoms with Crippen molar-refractivity contribution in [2.75, 3.05) is 18.5 Å². The summed E-state index contributed by atoms with van der Waals surface area (Å²) in [7, 11) is 2.14. The molecule has 0 N–H and O–H groups in total. The predicted molar refractivity (Wildman–Crippen MR) is 114 cm³/mol. The first-order chi connectivity index (χ1) is 13.3. The average molecular weight is 363 g/mol. The number of hydrogen-bond donors (Lipinski definition) is 0. The molecular formula is C23H30N4. The number of hydrogen-bond acceptors (Lipinski definition) is 4. The Kier molecular flexibility index (Phi) is 7.14. The Hall–Kier alpha value is -2.49. The number of fused-ring (bicyclic) bond motifs is 1. The minimum atomic E-state index is 0.739. The lowest BCUT2D eigenvalue weighted by Gasteiger charge is -2.20. The highest BCUT2D eigenvalue weighted by Crippen LogP contribution is 2.26. The van der Waals surface area contributed by atoms with Crippen LogP contribution in [-0.4, -0.2) is 28.5 Å². The summed E-state index contributed by atoms with van der Waals surface area (Å²) in [6.07, 6.45) is 12.8. The van der Waals surface area contributed by atoms with Crippen molar-refractivity contribution in [2.45, 2.75) is 51.9 Å². The van der Waals surface area contributed by atoms with Crippen LogP contribution in [0.4, 0.5) is 5.82 Å². The second-order valence-corrected chi connectivity index (χ2v) is 7.17. The van der Waals surface area contributed by atoms with Crippen LogP contribution >= 0.6 is 0 Å². The molecule has 0 radical (unpaired) electrons. The van der Waals surface area contributed by atoms with E-state index >= 15 is 0 Å². The van der Waals surface area contributed by atoms with Gasteiger partial charge >= 0.3 is 0 Å². The van der Waals surface area contributed by atoms with Crippen LogP contribution in [0.3, 0.4) is 0 Å². The molecule has 0 atom stereocenters. The topological polar surface area (TPSA) is 41.9 Å². The number of pyridine rings is 1. The SMILES string of the molecule is CCCCCCCCCN(C)c1nc(-c2cccnc2)nc2ccccc12. The lowest BCUT2D eigenvalue weighted by atomic mass is 10.1. The van der Waals surface area contributed by atoms with Gasteiger partial charge in [0.2, 0.25) is 0 Å². The number of nitrogens with zero attached hydrogens (tertiary/aromatic N) is 4. The van der Waals surface area contributed by atoms with Crippen molar-refractivity contribution >= 4 is 16.7 Å². The van der Waals surface area contributed by atoms with Gasteiger partial charge in [0, 0.05) is 36.9 Å². The fourth-order valence-corrected chi connectivity index (χ4v) is 3.39. The first kappa shape index (κ1) is 19.3. The third-order valence-corrected chi connectivity index (χ3v) is 4.96. The van der Waals surface area contributed by atoms with Crippen molar-refractivity contribution in [3.8, 4) is 11.4 Å². The van der Waals surface area contributed by atoms with Gasteiger partial charge in [-0.25, -0.2) is 9.97 Å². The smallest absolute Gasteiger partial charge is 0.163 e. The molecule has 1 aromatic carbocycles. The summed E-state index contributed by atoms with van der Waals surface area (Å²) in [5, 5.41) is 1.11. The summed E-state index contributed by atoms with van der Waals surface area (Å²) in [6.45, 7) is 3.28. The number of para-hydroxylation sites is 1. The van der Waals surface area contributed by atoms with Crippen molar-refractivity contribution in [1.29, 1.82) is 0 Å². The van der Waals surface area contributed by atoms with E-state index in [2.05, 4.69) is 42.1 Å². The van der Waals surface area contributed by atoms with Gasteiger partial charge in [-0.15, -0.1) is 0 Å². The molecule has 0 aliphatic carbocycles. The van der Waals surface area contributed by atoms with E-state index in [-0.39, 0.29) is 0 Å². The minimum Gasteiger partial charge on any atom is -0.359 e. The summed E-state index contributed by atoms with van der Waals surface area (Å²) < 4.78 is 0. The van der Waals surface area contributed by atoms with Gasteiger partial charge in [0.05, 0.1) is 5.52 Å². The number of aromatic nitrogens is 3. The Morgan fingerprint density at radius 1 is 0.852 bits per heavy atom. The highest BCUT2D eigenvalue weighted by atomic mass is 15.2. The Morgan fingerprint density at radius 2 is 1.63 bits per heavy atom. The number of rotatable bonds is 10. The summed E-state index contributed by atoms with van der Waals surface area (Å²) >= 11 is 0. The summed E-state index contributed by atoms with van der Waals surface area (Å²) in [6, 6.07) is 12.2. The zero-order valence-corrected chi connectivity index (χ0v) is 16.6. The van der Waals surface area contributed by atoms with Gasteiger partial charge in [0.1, 0.15) is 5.82 Å². The van der Waals surface area contributed by atoms with E-state index < -0.39 is 0 Å². The van der Waals surface area contributed by atoms with Gasteiger partial charge in [-0.05, 0) is 30.7 Å². The molecule has 0 fully saturated rings. The van der Waals surface area contributed by atoms with Gasteiger partial charge in [-0.3, -0.25) is 4.98 Å². The molecule has 0 unspecified atom stereocenters. The molecule has 0 saturated carbocycles. The number of unbranched alkanes of at least 4 members (excludes halogenated alkanes) is 6. The normalized spacial score (nSPS) is 11.0. The van der Waals surface area contributed by atoms with Crippen molar-refractivity contribution in [2.24, 2.45) is 0 Å². The van der Waals surface area contributed by atoms with Crippen molar-refractivity contribution < 1.29 is 0 Å². The Morgan fingerprint density at radius 3 is 2.41 bits per heavy atom. The molecule has 2 aromatic heterocycles. The molecule has 0 aliphatic heterocycles. The summed E-state index contributed by atoms with van der Waals surface area (Å²) in [5.41, 5.74) is 1.93. The molecule has 142 valence electrons. The van der Waals surface area contributed by atoms with Gasteiger partial charge in [0.25, 0.3) is 0 Å². The highest BCUT2D eigenvalue weighted by molar-refractivity contribution is 5.90. The lowest BCUT2D eigenvalue weighted by molar-refractivity contribution is 0.588. The molecule has 0 bridgehead atoms. The molecule has 4 nitrogen and oxygen atoms in total. The summed E-state index contributed by atoms with van der Waals surface area (Å²) in [4.78, 5) is 16.1. The number of anilines is 1. The maximum Gasteiger partial charge on any atom is 0.163 e. The molecule has 27 heavy (non-hydrogen) atoms. The van der Waals surface area contributed by atoms with Crippen LogP contribution in [0.5, 0.6) is 0 Å². The second-order valence-electron chi connectivity index (χ2n) is 7.17. The van der Waals surface area contributed by atoms with E-state index in [0.717, 1.165) is 34.7 Å². The Labute approximate surface area is 162 Å². The minimum absolute atomic E-state index is 0.739. The zero-order valence-electron chi connectivity index (χ0n) is 16.6. The Balaban J connectivity index is 1.72. The average Bonchev–Trinajstić information content (AvgIpc) is 2.72. The fourth-order valence-electron chi connectivity index (χ4n) is 3.39. The van der Waals surface area contributed by atoms with E-state index in [4.69, 9.17) is 9.97 Å². The lowest BCUT2D eigenvalue weighted by Crippen LogP contribution is -2.20. The third kappa shape index (κ3) is 5.25. The van der Waals surface area contributed by atoms with Crippen LogP contribution in [0.2, 0.25) is 0 Å². The molecule has 0 amide bonds. The van der Waals surface area contributed by atoms with Crippen LogP contribution in [-0.2, 0) is 0 Å². The zero-order chi connectivity index (χ0) is 18.9. The summed E-state index contributed by atoms with van der Waals surface area (Å²) in [5.74, 6) is 1.74. The van der Waals surface area contributed by atoms with Crippen LogP contribution in [0.15, 0.2) is 48.8 Å². The maximum atomic E-state index is 4.89. The second kappa shape index (κ2) is 10.0. The standard InChI is InChI=1S/C23H30N4/c1-3-4-5-6-7-8-11-17-27(2)23-20-14-9-10-15-21(20)25-22(26-23)19-13-12-16-24-18-19/h9-10,12-16,18H,3-8,11,17H2,1-2H3. The molecule has 3 rings (SSSR count). The highest BCUT2D eigenvalue weighted by Gasteiger charge is 2.12. The van der Waals surface area contributed by atoms with Gasteiger partial charge in [-0.2, -0.15) is 0 Å². The van der Waals surface area contributed by atoms with Gasteiger partial charge < -0.3 is 4.90 Å². The van der Waals surface area contributed by atoms with E-state index in [0.29, 0.717) is 0 Å². The third-order valence-electron chi connectivity index (χ3n) is 4.96. The molecular weight excluding hydrogens is 332 g/mol. The van der Waals surface area contributed by atoms with Crippen molar-refractivity contribution in [1.82, 2.24) is 15.0 Å². The molecule has 0 aliphatic rings. The molecule has 3 aromatic rings. The molecule has 2 heterocycles. The van der Waals surface area contributed by atoms with E-state index in [1.807, 2.05) is 24.4 Å². The quantitative estimate of drug-likeness (QED) is 0.422. The molecule has 0 spiro atoms. The van der Waals surface area contributed by atoms with Gasteiger partial charge in [0.15, 0.2) is 5.82 Å². The van der Waals surface area contributed by atoms with E-state index in [1.165, 1.54) is 44.9 Å². The van der Waals surface area contributed by atoms with Crippen LogP contribution in [0.25, 0.3) is 22.3 Å². The van der Waals surface area contributed by atoms with E-state index in [9.17, 15) is 0 Å². The van der Waals surface area contributed by atoms with E-state index in [1.54, 1.807) is 6.20 Å². The van der Waals surface area contributed by atoms with Crippen LogP contribution in [0.1, 0.15) is 51.9 Å². The first-order valence-corrected chi connectivity index (χ1v) is 10.2. The molecule has 4 heteroatoms. The van der Waals surface area contributed by atoms with Crippen molar-refractivity contribution in [3.05, 3.63) is 48.8 Å². The predicted octanol–water partition coefficient (Wildman–Crippen LogP) is 5.88.